The number of hydrogen-bond acceptors (Lipinski definition) is 3. The molecule has 0 saturated carbocycles. The van der Waals surface area contributed by atoms with Crippen molar-refractivity contribution >= 4 is 29.2 Å². The van der Waals surface area contributed by atoms with Crippen LogP contribution in [0.2, 0.25) is 5.02 Å². The Balaban J connectivity index is 2.36. The van der Waals surface area contributed by atoms with Gasteiger partial charge >= 0.3 is 5.97 Å². The smallest absolute Gasteiger partial charge is 0.340 e. The Morgan fingerprint density at radius 2 is 2.10 bits per heavy atom. The molecule has 0 unspecified atom stereocenters. The molecule has 0 fully saturated rings. The van der Waals surface area contributed by atoms with Gasteiger partial charge in [0.25, 0.3) is 5.91 Å². The van der Waals surface area contributed by atoms with Crippen LogP contribution < -0.4 is 5.32 Å². The number of halogens is 2. The highest BCUT2D eigenvalue weighted by Gasteiger charge is 2.19. The molecule has 0 radical (unpaired) electrons. The lowest BCUT2D eigenvalue weighted by Crippen LogP contribution is -2.16. The van der Waals surface area contributed by atoms with E-state index in [1.165, 1.54) is 24.4 Å². The molecule has 0 aliphatic carbocycles. The lowest BCUT2D eigenvalue weighted by molar-refractivity contribution is 0.0693. The van der Waals surface area contributed by atoms with Crippen molar-refractivity contribution < 1.29 is 19.1 Å². The quantitative estimate of drug-likeness (QED) is 0.913. The second-order valence-corrected chi connectivity index (χ2v) is 4.63. The molecule has 0 atom stereocenters. The molecule has 0 bridgehead atoms. The molecule has 2 N–H and O–H groups in total. The van der Waals surface area contributed by atoms with Crippen molar-refractivity contribution in [3.05, 3.63) is 58.1 Å². The number of benzene rings is 1. The summed E-state index contributed by atoms with van der Waals surface area (Å²) >= 11 is 5.93. The Morgan fingerprint density at radius 1 is 1.38 bits per heavy atom. The first-order valence-electron chi connectivity index (χ1n) is 5.85. The molecule has 2 aromatic rings. The van der Waals surface area contributed by atoms with Gasteiger partial charge in [0.05, 0.1) is 16.3 Å². The summed E-state index contributed by atoms with van der Waals surface area (Å²) in [5.41, 5.74) is -0.0532. The van der Waals surface area contributed by atoms with Gasteiger partial charge in [0, 0.05) is 11.9 Å². The summed E-state index contributed by atoms with van der Waals surface area (Å²) in [5.74, 6) is -3.08. The second kappa shape index (κ2) is 5.88. The number of carbonyl (C=O) groups is 2. The summed E-state index contributed by atoms with van der Waals surface area (Å²) in [4.78, 5) is 27.1. The molecular formula is C14H10ClFN2O3. The van der Waals surface area contributed by atoms with Gasteiger partial charge in [-0.25, -0.2) is 9.18 Å². The Labute approximate surface area is 124 Å². The van der Waals surface area contributed by atoms with Crippen LogP contribution >= 0.6 is 11.6 Å². The van der Waals surface area contributed by atoms with Crippen LogP contribution in [0.3, 0.4) is 0 Å². The number of aryl methyl sites for hydroxylation is 1. The number of hydrogen-bond donors (Lipinski definition) is 2. The van der Waals surface area contributed by atoms with Crippen molar-refractivity contribution in [2.75, 3.05) is 5.32 Å². The minimum atomic E-state index is -1.48. The molecule has 0 aliphatic heterocycles. The van der Waals surface area contributed by atoms with E-state index >= 15 is 0 Å². The fourth-order valence-corrected chi connectivity index (χ4v) is 2.02. The van der Waals surface area contributed by atoms with Crippen LogP contribution in [0.25, 0.3) is 0 Å². The number of nitrogens with one attached hydrogen (secondary N) is 1. The maximum Gasteiger partial charge on any atom is 0.340 e. The molecule has 0 saturated heterocycles. The SMILES string of the molecule is Cc1cc(Cl)c(C(=O)Nc2cccc(F)c2C(=O)O)cn1. The summed E-state index contributed by atoms with van der Waals surface area (Å²) in [6.07, 6.45) is 1.27. The molecular weight excluding hydrogens is 299 g/mol. The van der Waals surface area contributed by atoms with Crippen molar-refractivity contribution in [3.63, 3.8) is 0 Å². The van der Waals surface area contributed by atoms with Gasteiger partial charge in [-0.1, -0.05) is 17.7 Å². The number of pyridine rings is 1. The summed E-state index contributed by atoms with van der Waals surface area (Å²) in [5, 5.41) is 11.5. The van der Waals surface area contributed by atoms with Gasteiger partial charge in [0.15, 0.2) is 0 Å². The molecule has 1 aromatic carbocycles. The Morgan fingerprint density at radius 3 is 2.71 bits per heavy atom. The predicted molar refractivity (Wildman–Crippen MR) is 75.3 cm³/mol. The van der Waals surface area contributed by atoms with Crippen LogP contribution in [0.15, 0.2) is 30.5 Å². The van der Waals surface area contributed by atoms with Gasteiger partial charge in [-0.05, 0) is 25.1 Å². The van der Waals surface area contributed by atoms with Gasteiger partial charge in [0.2, 0.25) is 0 Å². The number of nitrogens with zero attached hydrogens (tertiary/aromatic N) is 1. The van der Waals surface area contributed by atoms with E-state index < -0.39 is 23.3 Å². The Bertz CT molecular complexity index is 734. The number of carboxylic acid groups (broad SMARTS) is 1. The van der Waals surface area contributed by atoms with Gasteiger partial charge in [0.1, 0.15) is 11.4 Å². The van der Waals surface area contributed by atoms with Crippen LogP contribution in [0.4, 0.5) is 10.1 Å². The van der Waals surface area contributed by atoms with Gasteiger partial charge < -0.3 is 10.4 Å². The summed E-state index contributed by atoms with van der Waals surface area (Å²) < 4.78 is 13.5. The molecule has 1 amide bonds. The first-order valence-corrected chi connectivity index (χ1v) is 6.23. The molecule has 5 nitrogen and oxygen atoms in total. The zero-order chi connectivity index (χ0) is 15.6. The summed E-state index contributed by atoms with van der Waals surface area (Å²) in [6.45, 7) is 1.71. The minimum absolute atomic E-state index is 0.0721. The Kier molecular flexibility index (Phi) is 4.18. The lowest BCUT2D eigenvalue weighted by Gasteiger charge is -2.10. The van der Waals surface area contributed by atoms with Crippen LogP contribution in [-0.2, 0) is 0 Å². The molecule has 0 spiro atoms. The normalized spacial score (nSPS) is 10.2. The van der Waals surface area contributed by atoms with E-state index in [-0.39, 0.29) is 16.3 Å². The monoisotopic (exact) mass is 308 g/mol. The standard InChI is InChI=1S/C14H10ClFN2O3/c1-7-5-9(15)8(6-17-7)13(19)18-11-4-2-3-10(16)12(11)14(20)21/h2-6H,1H3,(H,18,19)(H,20,21). The third kappa shape index (κ3) is 3.17. The van der Waals surface area contributed by atoms with E-state index in [1.54, 1.807) is 6.92 Å². The number of carbonyl (C=O) groups excluding carboxylic acids is 1. The highest BCUT2D eigenvalue weighted by atomic mass is 35.5. The molecule has 7 heteroatoms. The van der Waals surface area contributed by atoms with Crippen LogP contribution in [-0.4, -0.2) is 22.0 Å². The van der Waals surface area contributed by atoms with Crippen molar-refractivity contribution in [1.29, 1.82) is 0 Å². The van der Waals surface area contributed by atoms with E-state index in [0.717, 1.165) is 6.07 Å². The molecule has 21 heavy (non-hydrogen) atoms. The largest absolute Gasteiger partial charge is 0.478 e. The van der Waals surface area contributed by atoms with E-state index in [1.807, 2.05) is 0 Å². The minimum Gasteiger partial charge on any atom is -0.478 e. The van der Waals surface area contributed by atoms with Crippen molar-refractivity contribution in [1.82, 2.24) is 4.98 Å². The maximum absolute atomic E-state index is 13.5. The van der Waals surface area contributed by atoms with E-state index in [4.69, 9.17) is 16.7 Å². The van der Waals surface area contributed by atoms with E-state index in [9.17, 15) is 14.0 Å². The number of anilines is 1. The van der Waals surface area contributed by atoms with Gasteiger partial charge in [-0.15, -0.1) is 0 Å². The van der Waals surface area contributed by atoms with Gasteiger partial charge in [-0.3, -0.25) is 9.78 Å². The molecule has 0 aliphatic rings. The van der Waals surface area contributed by atoms with Crippen molar-refractivity contribution in [3.8, 4) is 0 Å². The first-order chi connectivity index (χ1) is 9.90. The molecule has 1 heterocycles. The predicted octanol–water partition coefficient (Wildman–Crippen LogP) is 3.13. The number of amides is 1. The van der Waals surface area contributed by atoms with E-state index in [2.05, 4.69) is 10.3 Å². The topological polar surface area (TPSA) is 79.3 Å². The third-order valence-electron chi connectivity index (χ3n) is 2.71. The zero-order valence-corrected chi connectivity index (χ0v) is 11.6. The average Bonchev–Trinajstić information content (AvgIpc) is 2.37. The Hall–Kier alpha value is -2.47. The molecule has 2 rings (SSSR count). The van der Waals surface area contributed by atoms with Crippen molar-refractivity contribution in [2.45, 2.75) is 6.92 Å². The van der Waals surface area contributed by atoms with Crippen LogP contribution in [0.1, 0.15) is 26.4 Å². The number of aromatic carboxylic acids is 1. The highest BCUT2D eigenvalue weighted by Crippen LogP contribution is 2.22. The fourth-order valence-electron chi connectivity index (χ4n) is 1.73. The average molecular weight is 309 g/mol. The van der Waals surface area contributed by atoms with Crippen molar-refractivity contribution in [2.24, 2.45) is 0 Å². The van der Waals surface area contributed by atoms with Crippen LogP contribution in [0.5, 0.6) is 0 Å². The number of aromatic nitrogens is 1. The highest BCUT2D eigenvalue weighted by molar-refractivity contribution is 6.34. The summed E-state index contributed by atoms with van der Waals surface area (Å²) in [6, 6.07) is 5.09. The third-order valence-corrected chi connectivity index (χ3v) is 3.02. The van der Waals surface area contributed by atoms with Gasteiger partial charge in [-0.2, -0.15) is 0 Å². The zero-order valence-electron chi connectivity index (χ0n) is 10.9. The lowest BCUT2D eigenvalue weighted by atomic mass is 10.1. The molecule has 1 aromatic heterocycles. The van der Waals surface area contributed by atoms with E-state index in [0.29, 0.717) is 5.69 Å². The summed E-state index contributed by atoms with van der Waals surface area (Å²) in [7, 11) is 0. The van der Waals surface area contributed by atoms with Crippen LogP contribution in [0, 0.1) is 12.7 Å². The fraction of sp³-hybridized carbons (Fsp3) is 0.0714. The number of carboxylic acids is 1. The number of rotatable bonds is 3. The first kappa shape index (κ1) is 14.9. The molecule has 108 valence electrons. The second-order valence-electron chi connectivity index (χ2n) is 4.23. The maximum atomic E-state index is 13.5.